The summed E-state index contributed by atoms with van der Waals surface area (Å²) in [5.74, 6) is -0.980. The van der Waals surface area contributed by atoms with E-state index in [0.717, 1.165) is 11.3 Å². The number of nitro groups is 1. The monoisotopic (exact) mass is 521 g/mol. The molecule has 5 rings (SSSR count). The fourth-order valence-corrected chi connectivity index (χ4v) is 4.48. The molecule has 0 aliphatic carbocycles. The first-order valence-corrected chi connectivity index (χ1v) is 11.8. The van der Waals surface area contributed by atoms with Crippen LogP contribution in [-0.2, 0) is 29.1 Å². The lowest BCUT2D eigenvalue weighted by molar-refractivity contribution is -0.384. The molecule has 3 aromatic rings. The van der Waals surface area contributed by atoms with Gasteiger partial charge >= 0.3 is 5.97 Å². The van der Waals surface area contributed by atoms with Gasteiger partial charge in [-0.2, -0.15) is 0 Å². The number of carboxylic acids is 1. The number of fused-ring (bicyclic) bond motifs is 2. The number of amides is 2. The Morgan fingerprint density at radius 1 is 1.13 bits per heavy atom. The number of non-ortho nitro benzene ring substituents is 1. The number of aliphatic carboxylic acids is 1. The van der Waals surface area contributed by atoms with Crippen molar-refractivity contribution in [2.24, 2.45) is 0 Å². The molecule has 2 amide bonds. The van der Waals surface area contributed by atoms with Crippen LogP contribution >= 0.6 is 0 Å². The van der Waals surface area contributed by atoms with E-state index in [1.165, 1.54) is 17.0 Å². The Hall–Kier alpha value is -4.94. The number of nitrogens with zero attached hydrogens (tertiary/aromatic N) is 4. The van der Waals surface area contributed by atoms with Crippen LogP contribution in [0, 0.1) is 10.1 Å². The van der Waals surface area contributed by atoms with E-state index in [4.69, 9.17) is 14.6 Å². The quantitative estimate of drug-likeness (QED) is 0.331. The summed E-state index contributed by atoms with van der Waals surface area (Å²) in [6.07, 6.45) is 1.50. The van der Waals surface area contributed by atoms with E-state index in [-0.39, 0.29) is 38.4 Å². The summed E-state index contributed by atoms with van der Waals surface area (Å²) in [5.41, 5.74) is 2.46. The van der Waals surface area contributed by atoms with E-state index in [0.29, 0.717) is 29.3 Å². The Balaban J connectivity index is 1.42. The highest BCUT2D eigenvalue weighted by Crippen LogP contribution is 2.34. The number of benzene rings is 2. The van der Waals surface area contributed by atoms with Crippen molar-refractivity contribution in [2.45, 2.75) is 32.0 Å². The Kier molecular flexibility index (Phi) is 6.64. The molecule has 13 heteroatoms. The number of carbonyl (C=O) groups is 3. The van der Waals surface area contributed by atoms with Crippen molar-refractivity contribution in [3.63, 3.8) is 0 Å². The third-order valence-electron chi connectivity index (χ3n) is 6.44. The molecule has 2 N–H and O–H groups in total. The van der Waals surface area contributed by atoms with Gasteiger partial charge in [-0.1, -0.05) is 12.1 Å². The SMILES string of the molecule is O=C(O)CCNC(=O)C1Cc2ncn(Cc3ccc([N+](=O)[O-])cc3)c2CN1C(=O)c1ccc2c(c1)OCO2. The van der Waals surface area contributed by atoms with Crippen LogP contribution in [-0.4, -0.2) is 61.6 Å². The second kappa shape index (κ2) is 10.2. The highest BCUT2D eigenvalue weighted by molar-refractivity contribution is 5.98. The standard InChI is InChI=1S/C25H23N5O8/c31-23(32)7-8-26-24(33)19-10-18-20(28(13-27-18)11-15-1-4-17(5-2-15)30(35)36)12-29(19)25(34)16-3-6-21-22(9-16)38-14-37-21/h1-6,9,13,19H,7-8,10-12,14H2,(H,26,33)(H,31,32). The molecule has 38 heavy (non-hydrogen) atoms. The first kappa shape index (κ1) is 24.7. The van der Waals surface area contributed by atoms with Crippen LogP contribution < -0.4 is 14.8 Å². The summed E-state index contributed by atoms with van der Waals surface area (Å²) in [6, 6.07) is 10.0. The largest absolute Gasteiger partial charge is 0.481 e. The molecule has 0 spiro atoms. The van der Waals surface area contributed by atoms with Gasteiger partial charge in [0.25, 0.3) is 11.6 Å². The number of aromatic nitrogens is 2. The van der Waals surface area contributed by atoms with Crippen molar-refractivity contribution in [1.29, 1.82) is 0 Å². The maximum Gasteiger partial charge on any atom is 0.305 e. The van der Waals surface area contributed by atoms with Crippen LogP contribution in [0.3, 0.4) is 0 Å². The Morgan fingerprint density at radius 2 is 1.89 bits per heavy atom. The van der Waals surface area contributed by atoms with Gasteiger partial charge in [0.05, 0.1) is 35.6 Å². The van der Waals surface area contributed by atoms with Gasteiger partial charge < -0.3 is 29.4 Å². The Bertz CT molecular complexity index is 1420. The van der Waals surface area contributed by atoms with Crippen LogP contribution in [0.2, 0.25) is 0 Å². The van der Waals surface area contributed by atoms with E-state index in [1.54, 1.807) is 36.7 Å². The molecule has 0 saturated heterocycles. The molecule has 3 heterocycles. The molecule has 0 bridgehead atoms. The third kappa shape index (κ3) is 4.98. The normalized spacial score (nSPS) is 15.6. The van der Waals surface area contributed by atoms with Gasteiger partial charge in [0.1, 0.15) is 6.04 Å². The van der Waals surface area contributed by atoms with E-state index in [1.807, 2.05) is 4.57 Å². The zero-order chi connectivity index (χ0) is 26.8. The maximum absolute atomic E-state index is 13.7. The van der Waals surface area contributed by atoms with E-state index < -0.39 is 28.7 Å². The zero-order valence-electron chi connectivity index (χ0n) is 20.0. The molecule has 13 nitrogen and oxygen atoms in total. The minimum absolute atomic E-state index is 0.0151. The minimum Gasteiger partial charge on any atom is -0.481 e. The molecule has 1 aromatic heterocycles. The lowest BCUT2D eigenvalue weighted by atomic mass is 9.99. The van der Waals surface area contributed by atoms with Crippen LogP contribution in [0.5, 0.6) is 11.5 Å². The van der Waals surface area contributed by atoms with E-state index in [2.05, 4.69) is 10.3 Å². The van der Waals surface area contributed by atoms with E-state index in [9.17, 15) is 24.5 Å². The lowest BCUT2D eigenvalue weighted by Gasteiger charge is -2.35. The van der Waals surface area contributed by atoms with Crippen molar-refractivity contribution >= 4 is 23.5 Å². The molecule has 2 aliphatic heterocycles. The average molecular weight is 521 g/mol. The van der Waals surface area contributed by atoms with Crippen LogP contribution in [0.15, 0.2) is 48.8 Å². The maximum atomic E-state index is 13.7. The second-order valence-electron chi connectivity index (χ2n) is 8.85. The van der Waals surface area contributed by atoms with Gasteiger partial charge in [-0.25, -0.2) is 4.98 Å². The highest BCUT2D eigenvalue weighted by atomic mass is 16.7. The summed E-state index contributed by atoms with van der Waals surface area (Å²) in [7, 11) is 0. The summed E-state index contributed by atoms with van der Waals surface area (Å²) < 4.78 is 12.6. The fraction of sp³-hybridized carbons (Fsp3) is 0.280. The number of carbonyl (C=O) groups excluding carboxylic acids is 2. The average Bonchev–Trinajstić information content (AvgIpc) is 3.53. The summed E-state index contributed by atoms with van der Waals surface area (Å²) in [5, 5.41) is 22.5. The number of ether oxygens (including phenoxy) is 2. The first-order chi connectivity index (χ1) is 18.3. The number of imidazole rings is 1. The first-order valence-electron chi connectivity index (χ1n) is 11.8. The lowest BCUT2D eigenvalue weighted by Crippen LogP contribution is -2.53. The smallest absolute Gasteiger partial charge is 0.305 e. The van der Waals surface area contributed by atoms with Crippen molar-refractivity contribution in [3.8, 4) is 11.5 Å². The molecule has 196 valence electrons. The van der Waals surface area contributed by atoms with Gasteiger partial charge in [0.15, 0.2) is 11.5 Å². The summed E-state index contributed by atoms with van der Waals surface area (Å²) in [6.45, 7) is 0.420. The molecular weight excluding hydrogens is 498 g/mol. The fourth-order valence-electron chi connectivity index (χ4n) is 4.48. The zero-order valence-corrected chi connectivity index (χ0v) is 20.0. The van der Waals surface area contributed by atoms with Crippen molar-refractivity contribution in [3.05, 3.63) is 81.4 Å². The predicted molar refractivity (Wildman–Crippen MR) is 130 cm³/mol. The van der Waals surface area contributed by atoms with Gasteiger partial charge in [-0.15, -0.1) is 0 Å². The Morgan fingerprint density at radius 3 is 2.63 bits per heavy atom. The van der Waals surface area contributed by atoms with Gasteiger partial charge in [-0.05, 0) is 23.8 Å². The predicted octanol–water partition coefficient (Wildman–Crippen LogP) is 1.73. The molecule has 0 radical (unpaired) electrons. The molecule has 2 aliphatic rings. The van der Waals surface area contributed by atoms with Crippen LogP contribution in [0.4, 0.5) is 5.69 Å². The molecule has 0 fully saturated rings. The van der Waals surface area contributed by atoms with Crippen molar-refractivity contribution < 1.29 is 33.9 Å². The van der Waals surface area contributed by atoms with Gasteiger partial charge in [0, 0.05) is 37.2 Å². The number of hydrogen-bond acceptors (Lipinski definition) is 8. The topological polar surface area (TPSA) is 166 Å². The summed E-state index contributed by atoms with van der Waals surface area (Å²) in [4.78, 5) is 54.0. The minimum atomic E-state index is -1.05. The number of nitrogens with one attached hydrogen (secondary N) is 1. The second-order valence-corrected chi connectivity index (χ2v) is 8.85. The highest BCUT2D eigenvalue weighted by Gasteiger charge is 2.37. The number of nitro benzene ring substituents is 1. The van der Waals surface area contributed by atoms with E-state index >= 15 is 0 Å². The molecule has 2 aromatic carbocycles. The van der Waals surface area contributed by atoms with Crippen molar-refractivity contribution in [1.82, 2.24) is 19.8 Å². The molecule has 1 unspecified atom stereocenters. The number of hydrogen-bond donors (Lipinski definition) is 2. The molecule has 0 saturated carbocycles. The van der Waals surface area contributed by atoms with Crippen molar-refractivity contribution in [2.75, 3.05) is 13.3 Å². The number of carboxylic acid groups (broad SMARTS) is 1. The van der Waals surface area contributed by atoms with Crippen LogP contribution in [0.1, 0.15) is 33.7 Å². The van der Waals surface area contributed by atoms with Gasteiger partial charge in [0.2, 0.25) is 12.7 Å². The van der Waals surface area contributed by atoms with Gasteiger partial charge in [-0.3, -0.25) is 24.5 Å². The third-order valence-corrected chi connectivity index (χ3v) is 6.44. The summed E-state index contributed by atoms with van der Waals surface area (Å²) >= 11 is 0. The number of rotatable bonds is 8. The molecule has 1 atom stereocenters. The Labute approximate surface area is 215 Å². The van der Waals surface area contributed by atoms with Crippen LogP contribution in [0.25, 0.3) is 0 Å². The molecular formula is C25H23N5O8.